The van der Waals surface area contributed by atoms with Crippen molar-refractivity contribution >= 4 is 0 Å². The zero-order valence-corrected chi connectivity index (χ0v) is 4.89. The van der Waals surface area contributed by atoms with Crippen LogP contribution in [-0.2, 0) is 0 Å². The van der Waals surface area contributed by atoms with Gasteiger partial charge in [0.15, 0.2) is 0 Å². The molecule has 2 heteroatoms. The van der Waals surface area contributed by atoms with Crippen LogP contribution in [0.25, 0.3) is 0 Å². The van der Waals surface area contributed by atoms with Crippen LogP contribution in [0.15, 0.2) is 12.3 Å². The molecule has 0 aliphatic heterocycles. The largest absolute Gasteiger partial charge is 0.261 e. The fourth-order valence-electron chi connectivity index (χ4n) is 0.491. The molecule has 0 radical (unpaired) electrons. The first-order valence-electron chi connectivity index (χ1n) is 3.39. The molecule has 1 heterocycles. The summed E-state index contributed by atoms with van der Waals surface area (Å²) in [5, 5.41) is 0. The normalized spacial score (nSPS) is 12.8. The first kappa shape index (κ1) is 3.17. The van der Waals surface area contributed by atoms with Gasteiger partial charge in [0, 0.05) is 12.3 Å². The monoisotopic (exact) mass is 110 g/mol. The average molecular weight is 110 g/mol. The second-order valence-corrected chi connectivity index (χ2v) is 1.62. The van der Waals surface area contributed by atoms with E-state index in [0.29, 0.717) is 11.4 Å². The molecule has 0 fully saturated rings. The van der Waals surface area contributed by atoms with E-state index >= 15 is 0 Å². The molecule has 8 heavy (non-hydrogen) atoms. The van der Waals surface area contributed by atoms with E-state index in [1.165, 1.54) is 0 Å². The Balaban J connectivity index is 3.28. The van der Waals surface area contributed by atoms with Gasteiger partial charge < -0.3 is 0 Å². The van der Waals surface area contributed by atoms with E-state index in [0.717, 1.165) is 0 Å². The number of rotatable bonds is 0. The Labute approximate surface area is 51.4 Å². The summed E-state index contributed by atoms with van der Waals surface area (Å²) in [5.74, 6) is 0. The standard InChI is InChI=1S/C6H8N2/c1-5-3-7-4-6(2)8-5/h3-4H,1-2H3/i3D,4D. The molecule has 1 aromatic heterocycles. The van der Waals surface area contributed by atoms with Crippen LogP contribution in [0.1, 0.15) is 14.1 Å². The Morgan fingerprint density at radius 3 is 2.25 bits per heavy atom. The molecule has 0 spiro atoms. The predicted octanol–water partition coefficient (Wildman–Crippen LogP) is 1.09. The van der Waals surface area contributed by atoms with E-state index in [1.807, 2.05) is 0 Å². The Morgan fingerprint density at radius 1 is 1.38 bits per heavy atom. The van der Waals surface area contributed by atoms with Crippen LogP contribution >= 0.6 is 0 Å². The van der Waals surface area contributed by atoms with E-state index in [1.54, 1.807) is 13.8 Å². The van der Waals surface area contributed by atoms with Gasteiger partial charge in [-0.05, 0) is 13.8 Å². The summed E-state index contributed by atoms with van der Waals surface area (Å²) in [6.45, 7) is 3.42. The van der Waals surface area contributed by atoms with Gasteiger partial charge in [0.2, 0.25) is 0 Å². The second-order valence-electron chi connectivity index (χ2n) is 1.62. The quantitative estimate of drug-likeness (QED) is 0.499. The van der Waals surface area contributed by atoms with Crippen molar-refractivity contribution in [3.05, 3.63) is 23.7 Å². The topological polar surface area (TPSA) is 25.8 Å². The van der Waals surface area contributed by atoms with Gasteiger partial charge >= 0.3 is 0 Å². The lowest BCUT2D eigenvalue weighted by molar-refractivity contribution is 1.05. The summed E-state index contributed by atoms with van der Waals surface area (Å²) in [4.78, 5) is 7.58. The minimum absolute atomic E-state index is 0.0931. The Morgan fingerprint density at radius 2 is 1.88 bits per heavy atom. The van der Waals surface area contributed by atoms with E-state index in [9.17, 15) is 0 Å². The Hall–Kier alpha value is -0.920. The summed E-state index contributed by atoms with van der Waals surface area (Å²) in [6.07, 6.45) is 0.186. The molecule has 0 aliphatic carbocycles. The molecule has 0 saturated heterocycles. The highest BCUT2D eigenvalue weighted by Gasteiger charge is 1.83. The van der Waals surface area contributed by atoms with Gasteiger partial charge in [0.25, 0.3) is 0 Å². The highest BCUT2D eigenvalue weighted by Crippen LogP contribution is 1.89. The van der Waals surface area contributed by atoms with E-state index in [-0.39, 0.29) is 12.3 Å². The van der Waals surface area contributed by atoms with Crippen molar-refractivity contribution in [2.24, 2.45) is 0 Å². The van der Waals surface area contributed by atoms with Crippen molar-refractivity contribution in [3.63, 3.8) is 0 Å². The van der Waals surface area contributed by atoms with Crippen molar-refractivity contribution in [3.8, 4) is 0 Å². The minimum Gasteiger partial charge on any atom is -0.261 e. The van der Waals surface area contributed by atoms with Gasteiger partial charge in [-0.2, -0.15) is 0 Å². The molecule has 0 amide bonds. The SMILES string of the molecule is [2H]c1nc([2H])c(C)nc1C. The van der Waals surface area contributed by atoms with Crippen LogP contribution in [0.5, 0.6) is 0 Å². The molecule has 0 saturated carbocycles. The van der Waals surface area contributed by atoms with Gasteiger partial charge in [0.05, 0.1) is 14.1 Å². The first-order valence-corrected chi connectivity index (χ1v) is 2.39. The van der Waals surface area contributed by atoms with Crippen molar-refractivity contribution in [2.75, 3.05) is 0 Å². The summed E-state index contributed by atoms with van der Waals surface area (Å²) in [5.41, 5.74) is 1.15. The summed E-state index contributed by atoms with van der Waals surface area (Å²) in [7, 11) is 0. The average Bonchev–Trinajstić information content (AvgIpc) is 1.84. The second kappa shape index (κ2) is 1.90. The van der Waals surface area contributed by atoms with Gasteiger partial charge in [0.1, 0.15) is 0 Å². The number of aryl methyl sites for hydroxylation is 2. The molecular weight excluding hydrogens is 100 g/mol. The van der Waals surface area contributed by atoms with Crippen LogP contribution in [0.3, 0.4) is 0 Å². The number of hydrogen-bond acceptors (Lipinski definition) is 2. The maximum absolute atomic E-state index is 7.16. The fourth-order valence-corrected chi connectivity index (χ4v) is 0.491. The fraction of sp³-hybridized carbons (Fsp3) is 0.333. The van der Waals surface area contributed by atoms with Crippen molar-refractivity contribution in [1.82, 2.24) is 9.97 Å². The Kier molecular flexibility index (Phi) is 0.755. The van der Waals surface area contributed by atoms with Crippen LogP contribution in [0, 0.1) is 13.8 Å². The lowest BCUT2D eigenvalue weighted by Gasteiger charge is -1.89. The van der Waals surface area contributed by atoms with Gasteiger partial charge in [-0.15, -0.1) is 0 Å². The number of nitrogens with zero attached hydrogens (tertiary/aromatic N) is 2. The maximum Gasteiger partial charge on any atom is 0.0859 e. The van der Waals surface area contributed by atoms with Crippen LogP contribution in [-0.4, -0.2) is 9.97 Å². The lowest BCUT2D eigenvalue weighted by atomic mass is 10.4. The Bertz CT molecular complexity index is 210. The summed E-state index contributed by atoms with van der Waals surface area (Å²) in [6, 6.07) is 0. The molecule has 0 N–H and O–H groups in total. The predicted molar refractivity (Wildman–Crippen MR) is 31.5 cm³/mol. The van der Waals surface area contributed by atoms with Gasteiger partial charge in [-0.25, -0.2) is 0 Å². The van der Waals surface area contributed by atoms with E-state index < -0.39 is 0 Å². The smallest absolute Gasteiger partial charge is 0.0859 e. The van der Waals surface area contributed by atoms with Crippen molar-refractivity contribution in [1.29, 1.82) is 0 Å². The number of hydrogen-bond donors (Lipinski definition) is 0. The molecule has 2 nitrogen and oxygen atoms in total. The van der Waals surface area contributed by atoms with Gasteiger partial charge in [-0.3, -0.25) is 9.97 Å². The van der Waals surface area contributed by atoms with Gasteiger partial charge in [-0.1, -0.05) is 0 Å². The molecule has 1 rings (SSSR count). The van der Waals surface area contributed by atoms with E-state index in [4.69, 9.17) is 2.74 Å². The molecular formula is C6H8N2. The summed E-state index contributed by atoms with van der Waals surface area (Å²) >= 11 is 0. The van der Waals surface area contributed by atoms with Crippen molar-refractivity contribution < 1.29 is 2.74 Å². The highest BCUT2D eigenvalue weighted by atomic mass is 14.8. The third-order valence-corrected chi connectivity index (χ3v) is 0.771. The molecule has 0 aromatic carbocycles. The minimum atomic E-state index is 0.0931. The maximum atomic E-state index is 7.16. The lowest BCUT2D eigenvalue weighted by Crippen LogP contribution is -1.85. The first-order chi connectivity index (χ1) is 4.61. The molecule has 0 unspecified atom stereocenters. The molecule has 0 bridgehead atoms. The molecule has 0 aliphatic rings. The van der Waals surface area contributed by atoms with E-state index in [2.05, 4.69) is 9.97 Å². The molecule has 0 atom stereocenters. The third-order valence-electron chi connectivity index (χ3n) is 0.771. The highest BCUT2D eigenvalue weighted by molar-refractivity contribution is 4.98. The van der Waals surface area contributed by atoms with Crippen LogP contribution < -0.4 is 0 Å². The zero-order chi connectivity index (χ0) is 7.72. The van der Waals surface area contributed by atoms with Crippen molar-refractivity contribution in [2.45, 2.75) is 13.8 Å². The third kappa shape index (κ3) is 1.03. The zero-order valence-electron chi connectivity index (χ0n) is 6.89. The molecule has 42 valence electrons. The summed E-state index contributed by atoms with van der Waals surface area (Å²) < 4.78 is 14.3. The van der Waals surface area contributed by atoms with Crippen LogP contribution in [0.4, 0.5) is 0 Å². The molecule has 1 aromatic rings. The number of aromatic nitrogens is 2. The van der Waals surface area contributed by atoms with Crippen LogP contribution in [0.2, 0.25) is 0 Å².